The number of benzene rings is 2. The van der Waals surface area contributed by atoms with Gasteiger partial charge in [-0.3, -0.25) is 9.10 Å². The first kappa shape index (κ1) is 20.0. The quantitative estimate of drug-likeness (QED) is 0.721. The van der Waals surface area contributed by atoms with Crippen molar-refractivity contribution in [2.45, 2.75) is 25.8 Å². The summed E-state index contributed by atoms with van der Waals surface area (Å²) < 4.78 is 26.3. The fraction of sp³-hybridized carbons (Fsp3) is 0.316. The number of rotatable bonds is 5. The Morgan fingerprint density at radius 3 is 2.41 bits per heavy atom. The summed E-state index contributed by atoms with van der Waals surface area (Å²) in [5.41, 5.74) is 2.19. The third-order valence-electron chi connectivity index (χ3n) is 4.57. The Hall–Kier alpha value is -1.76. The Morgan fingerprint density at radius 2 is 1.81 bits per heavy atom. The molecule has 1 atom stereocenters. The van der Waals surface area contributed by atoms with Gasteiger partial charge in [-0.15, -0.1) is 0 Å². The first-order valence-corrected chi connectivity index (χ1v) is 11.2. The van der Waals surface area contributed by atoms with Crippen LogP contribution < -0.4 is 9.21 Å². The zero-order valence-corrected chi connectivity index (χ0v) is 17.4. The van der Waals surface area contributed by atoms with E-state index in [1.54, 1.807) is 11.8 Å². The molecule has 2 aromatic rings. The lowest BCUT2D eigenvalue weighted by atomic mass is 10.1. The molecule has 3 rings (SSSR count). The van der Waals surface area contributed by atoms with Crippen LogP contribution in [0, 0.1) is 0 Å². The molecule has 144 valence electrons. The summed E-state index contributed by atoms with van der Waals surface area (Å²) in [5, 5.41) is 0.611. The number of hydrogen-bond donors (Lipinski definition) is 0. The van der Waals surface area contributed by atoms with Crippen LogP contribution in [0.1, 0.15) is 18.9 Å². The number of carbonyl (C=O) groups excluding carboxylic acids is 1. The van der Waals surface area contributed by atoms with Crippen LogP contribution in [-0.2, 0) is 21.2 Å². The maximum Gasteiger partial charge on any atom is 0.250 e. The summed E-state index contributed by atoms with van der Waals surface area (Å²) in [6.45, 7) is 2.32. The summed E-state index contributed by atoms with van der Waals surface area (Å²) in [6.07, 6.45) is 2.14. The number of halogens is 2. The molecule has 1 aliphatic heterocycles. The van der Waals surface area contributed by atoms with Crippen molar-refractivity contribution in [3.63, 3.8) is 0 Å². The zero-order valence-electron chi connectivity index (χ0n) is 15.0. The van der Waals surface area contributed by atoms with Gasteiger partial charge in [0.25, 0.3) is 5.91 Å². The first-order chi connectivity index (χ1) is 12.7. The molecule has 5 nitrogen and oxygen atoms in total. The Balaban J connectivity index is 2.04. The van der Waals surface area contributed by atoms with E-state index in [1.807, 2.05) is 24.3 Å². The Kier molecular flexibility index (Phi) is 5.70. The molecule has 0 bridgehead atoms. The van der Waals surface area contributed by atoms with Crippen molar-refractivity contribution in [1.29, 1.82) is 0 Å². The van der Waals surface area contributed by atoms with Crippen LogP contribution in [0.3, 0.4) is 0 Å². The van der Waals surface area contributed by atoms with E-state index in [4.69, 9.17) is 23.2 Å². The molecule has 27 heavy (non-hydrogen) atoms. The lowest BCUT2D eigenvalue weighted by molar-refractivity contribution is -0.119. The molecule has 1 amide bonds. The number of amides is 1. The van der Waals surface area contributed by atoms with E-state index in [0.29, 0.717) is 23.0 Å². The largest absolute Gasteiger partial charge is 0.310 e. The van der Waals surface area contributed by atoms with Gasteiger partial charge in [0.2, 0.25) is 10.0 Å². The molecule has 0 aromatic heterocycles. The van der Waals surface area contributed by atoms with Crippen molar-refractivity contribution in [2.24, 2.45) is 0 Å². The van der Waals surface area contributed by atoms with Gasteiger partial charge in [0.05, 0.1) is 11.9 Å². The third kappa shape index (κ3) is 4.08. The summed E-state index contributed by atoms with van der Waals surface area (Å²) in [5.74, 6) is -0.260. The molecule has 2 aromatic carbocycles. The Labute approximate surface area is 169 Å². The predicted molar refractivity (Wildman–Crippen MR) is 110 cm³/mol. The minimum Gasteiger partial charge on any atom is -0.310 e. The highest BCUT2D eigenvalue weighted by Crippen LogP contribution is 2.33. The molecule has 0 spiro atoms. The van der Waals surface area contributed by atoms with E-state index in [0.717, 1.165) is 28.2 Å². The van der Waals surface area contributed by atoms with E-state index < -0.39 is 16.1 Å². The molecule has 0 fully saturated rings. The van der Waals surface area contributed by atoms with Crippen molar-refractivity contribution in [3.05, 3.63) is 58.1 Å². The maximum absolute atomic E-state index is 13.3. The van der Waals surface area contributed by atoms with Gasteiger partial charge in [0.1, 0.15) is 6.04 Å². The second kappa shape index (κ2) is 7.70. The summed E-state index contributed by atoms with van der Waals surface area (Å²) in [4.78, 5) is 15.0. The van der Waals surface area contributed by atoms with Crippen molar-refractivity contribution < 1.29 is 13.2 Å². The standard InChI is InChI=1S/C19H20Cl2N2O3S/c1-3-17(19(24)22-9-8-13-6-4-5-7-18(13)22)23(27(2,25)26)16-11-14(20)10-15(21)12-16/h4-7,10-12,17H,3,8-9H2,1-2H3/t17-/m0/s1. The molecule has 1 heterocycles. The lowest BCUT2D eigenvalue weighted by Gasteiger charge is -2.33. The highest BCUT2D eigenvalue weighted by Gasteiger charge is 2.36. The highest BCUT2D eigenvalue weighted by atomic mass is 35.5. The van der Waals surface area contributed by atoms with Crippen LogP contribution in [-0.4, -0.2) is 33.2 Å². The SMILES string of the molecule is CC[C@@H](C(=O)N1CCc2ccccc21)N(c1cc(Cl)cc(Cl)c1)S(C)(=O)=O. The smallest absolute Gasteiger partial charge is 0.250 e. The van der Waals surface area contributed by atoms with Crippen LogP contribution in [0.4, 0.5) is 11.4 Å². The van der Waals surface area contributed by atoms with Gasteiger partial charge in [-0.05, 0) is 42.7 Å². The fourth-order valence-electron chi connectivity index (χ4n) is 3.46. The van der Waals surface area contributed by atoms with Gasteiger partial charge < -0.3 is 4.90 Å². The van der Waals surface area contributed by atoms with Crippen LogP contribution in [0.2, 0.25) is 10.0 Å². The normalized spacial score (nSPS) is 14.7. The van der Waals surface area contributed by atoms with Crippen molar-refractivity contribution in [1.82, 2.24) is 0 Å². The number of carbonyl (C=O) groups is 1. The molecule has 0 N–H and O–H groups in total. The van der Waals surface area contributed by atoms with Gasteiger partial charge in [0, 0.05) is 22.3 Å². The highest BCUT2D eigenvalue weighted by molar-refractivity contribution is 7.92. The van der Waals surface area contributed by atoms with E-state index in [-0.39, 0.29) is 11.6 Å². The van der Waals surface area contributed by atoms with E-state index in [1.165, 1.54) is 18.2 Å². The monoisotopic (exact) mass is 426 g/mol. The molecule has 0 aliphatic carbocycles. The second-order valence-electron chi connectivity index (χ2n) is 6.48. The van der Waals surface area contributed by atoms with Crippen molar-refractivity contribution >= 4 is 50.5 Å². The van der Waals surface area contributed by atoms with Gasteiger partial charge in [-0.25, -0.2) is 8.42 Å². The molecule has 1 aliphatic rings. The Morgan fingerprint density at radius 1 is 1.19 bits per heavy atom. The molecule has 8 heteroatoms. The fourth-order valence-corrected chi connectivity index (χ4v) is 5.16. The number of nitrogens with zero attached hydrogens (tertiary/aromatic N) is 2. The second-order valence-corrected chi connectivity index (χ2v) is 9.21. The maximum atomic E-state index is 13.3. The number of hydrogen-bond acceptors (Lipinski definition) is 3. The molecule has 0 saturated carbocycles. The van der Waals surface area contributed by atoms with Crippen LogP contribution in [0.5, 0.6) is 0 Å². The van der Waals surface area contributed by atoms with Gasteiger partial charge in [-0.1, -0.05) is 48.3 Å². The molecular formula is C19H20Cl2N2O3S. The van der Waals surface area contributed by atoms with Crippen LogP contribution in [0.15, 0.2) is 42.5 Å². The molecular weight excluding hydrogens is 407 g/mol. The average Bonchev–Trinajstić information content (AvgIpc) is 3.01. The third-order valence-corrected chi connectivity index (χ3v) is 6.18. The summed E-state index contributed by atoms with van der Waals surface area (Å²) >= 11 is 12.1. The number of fused-ring (bicyclic) bond motifs is 1. The molecule has 0 saturated heterocycles. The molecule has 0 unspecified atom stereocenters. The van der Waals surface area contributed by atoms with E-state index in [9.17, 15) is 13.2 Å². The minimum absolute atomic E-state index is 0.260. The van der Waals surface area contributed by atoms with E-state index >= 15 is 0 Å². The van der Waals surface area contributed by atoms with Crippen molar-refractivity contribution in [2.75, 3.05) is 22.0 Å². The zero-order chi connectivity index (χ0) is 19.8. The number of sulfonamides is 1. The summed E-state index contributed by atoms with van der Waals surface area (Å²) in [7, 11) is -3.75. The van der Waals surface area contributed by atoms with E-state index in [2.05, 4.69) is 0 Å². The first-order valence-electron chi connectivity index (χ1n) is 8.57. The van der Waals surface area contributed by atoms with Gasteiger partial charge in [-0.2, -0.15) is 0 Å². The topological polar surface area (TPSA) is 57.7 Å². The molecule has 0 radical (unpaired) electrons. The summed E-state index contributed by atoms with van der Waals surface area (Å²) in [6, 6.07) is 11.3. The number of para-hydroxylation sites is 1. The van der Waals surface area contributed by atoms with Crippen LogP contribution >= 0.6 is 23.2 Å². The average molecular weight is 427 g/mol. The number of anilines is 2. The van der Waals surface area contributed by atoms with Crippen LogP contribution in [0.25, 0.3) is 0 Å². The Bertz CT molecular complexity index is 958. The minimum atomic E-state index is -3.75. The van der Waals surface area contributed by atoms with Crippen molar-refractivity contribution in [3.8, 4) is 0 Å². The lowest BCUT2D eigenvalue weighted by Crippen LogP contribution is -2.50. The predicted octanol–water partition coefficient (Wildman–Crippen LogP) is 4.13. The van der Waals surface area contributed by atoms with Gasteiger partial charge >= 0.3 is 0 Å². The van der Waals surface area contributed by atoms with Gasteiger partial charge in [0.15, 0.2) is 0 Å².